The summed E-state index contributed by atoms with van der Waals surface area (Å²) in [6.07, 6.45) is -1.56. The van der Waals surface area contributed by atoms with Gasteiger partial charge in [-0.3, -0.25) is 4.57 Å². The zero-order valence-electron chi connectivity index (χ0n) is 24.6. The van der Waals surface area contributed by atoms with Crippen LogP contribution < -0.4 is 5.32 Å². The summed E-state index contributed by atoms with van der Waals surface area (Å²) in [5, 5.41) is 13.0. The van der Waals surface area contributed by atoms with Crippen LogP contribution in [0.15, 0.2) is 30.5 Å². The first-order chi connectivity index (χ1) is 18.2. The van der Waals surface area contributed by atoms with E-state index in [1.165, 1.54) is 4.57 Å². The van der Waals surface area contributed by atoms with Gasteiger partial charge in [-0.15, -0.1) is 0 Å². The molecule has 40 heavy (non-hydrogen) atoms. The summed E-state index contributed by atoms with van der Waals surface area (Å²) in [7, 11) is 0. The number of hydrogen-bond acceptors (Lipinski definition) is 8. The maximum Gasteiger partial charge on any atom is 0.419 e. The van der Waals surface area contributed by atoms with Crippen molar-refractivity contribution in [3.63, 3.8) is 0 Å². The summed E-state index contributed by atoms with van der Waals surface area (Å²) in [6, 6.07) is 5.54. The van der Waals surface area contributed by atoms with Crippen LogP contribution in [0.4, 0.5) is 9.59 Å². The summed E-state index contributed by atoms with van der Waals surface area (Å²) in [4.78, 5) is 51.3. The van der Waals surface area contributed by atoms with Crippen LogP contribution in [0.2, 0.25) is 0 Å². The molecule has 2 aromatic rings. The van der Waals surface area contributed by atoms with Crippen LogP contribution in [0.1, 0.15) is 74.3 Å². The van der Waals surface area contributed by atoms with E-state index in [1.807, 2.05) is 20.8 Å². The molecule has 0 aliphatic carbocycles. The fraction of sp³-hybridized carbons (Fsp3) is 0.586. The maximum atomic E-state index is 13.5. The Morgan fingerprint density at radius 2 is 1.62 bits per heavy atom. The molecule has 3 rings (SSSR count). The number of alkyl carbamates (subject to hydrolysis) is 1. The van der Waals surface area contributed by atoms with Gasteiger partial charge >= 0.3 is 24.1 Å². The lowest BCUT2D eigenvalue weighted by atomic mass is 9.87. The van der Waals surface area contributed by atoms with Gasteiger partial charge in [0.05, 0.1) is 5.52 Å². The third-order valence-corrected chi connectivity index (χ3v) is 6.01. The minimum Gasteiger partial charge on any atom is -0.480 e. The number of carbonyl (C=O) groups is 4. The molecule has 1 aliphatic heterocycles. The molecule has 2 N–H and O–H groups in total. The summed E-state index contributed by atoms with van der Waals surface area (Å²) >= 11 is 0. The number of nitrogens with one attached hydrogen (secondary N) is 1. The Labute approximate surface area is 234 Å². The van der Waals surface area contributed by atoms with E-state index in [0.717, 1.165) is 0 Å². The number of aromatic nitrogens is 1. The van der Waals surface area contributed by atoms with Crippen LogP contribution in [0.25, 0.3) is 10.9 Å². The van der Waals surface area contributed by atoms with Crippen molar-refractivity contribution in [3.8, 4) is 0 Å². The fourth-order valence-corrected chi connectivity index (χ4v) is 4.29. The predicted molar refractivity (Wildman–Crippen MR) is 146 cm³/mol. The van der Waals surface area contributed by atoms with Crippen LogP contribution in [0, 0.1) is 5.41 Å². The molecule has 2 heterocycles. The molecule has 0 radical (unpaired) electrons. The number of nitrogens with zero attached hydrogens (tertiary/aromatic N) is 1. The number of hydrogen-bond donors (Lipinski definition) is 2. The van der Waals surface area contributed by atoms with E-state index in [9.17, 15) is 24.3 Å². The molecule has 11 nitrogen and oxygen atoms in total. The van der Waals surface area contributed by atoms with Crippen molar-refractivity contribution in [3.05, 3.63) is 36.0 Å². The van der Waals surface area contributed by atoms with Gasteiger partial charge in [-0.1, -0.05) is 39.0 Å². The minimum absolute atomic E-state index is 0.130. The maximum absolute atomic E-state index is 13.5. The van der Waals surface area contributed by atoms with E-state index >= 15 is 0 Å². The van der Waals surface area contributed by atoms with Crippen molar-refractivity contribution < 1.29 is 43.2 Å². The zero-order chi connectivity index (χ0) is 30.3. The summed E-state index contributed by atoms with van der Waals surface area (Å²) in [5.41, 5.74) is -2.95. The van der Waals surface area contributed by atoms with E-state index in [-0.39, 0.29) is 6.42 Å². The molecule has 1 amide bonds. The summed E-state index contributed by atoms with van der Waals surface area (Å²) in [6.45, 7) is 15.7. The van der Waals surface area contributed by atoms with E-state index in [0.29, 0.717) is 16.5 Å². The molecule has 1 aliphatic rings. The number of aliphatic carboxylic acids is 1. The molecular formula is C29H40N2O9. The Bertz CT molecular complexity index is 1290. The van der Waals surface area contributed by atoms with Crippen molar-refractivity contribution in [2.45, 2.75) is 104 Å². The third kappa shape index (κ3) is 7.32. The number of para-hydroxylation sites is 1. The minimum atomic E-state index is -1.79. The molecule has 11 heteroatoms. The van der Waals surface area contributed by atoms with Gasteiger partial charge in [0.15, 0.2) is 5.60 Å². The second-order valence-corrected chi connectivity index (χ2v) is 13.2. The Kier molecular flexibility index (Phi) is 8.32. The molecule has 0 unspecified atom stereocenters. The van der Waals surface area contributed by atoms with Crippen LogP contribution in [0.3, 0.4) is 0 Å². The van der Waals surface area contributed by atoms with Crippen LogP contribution in [-0.4, -0.2) is 62.9 Å². The van der Waals surface area contributed by atoms with Crippen LogP contribution >= 0.6 is 0 Å². The number of fused-ring (bicyclic) bond motifs is 1. The SMILES string of the molecule is CC(C)(C)OC(=O)N[C@@H](C[C@@]1(Cc2cn(C(=O)OC(C)(C)C)c3ccccc23)O[C@H](C(C)(C)C)OC1=O)C(=O)O. The molecule has 0 saturated carbocycles. The molecule has 3 atom stereocenters. The molecule has 1 aromatic heterocycles. The van der Waals surface area contributed by atoms with Crippen molar-refractivity contribution in [1.29, 1.82) is 0 Å². The molecule has 1 saturated heterocycles. The van der Waals surface area contributed by atoms with E-state index in [2.05, 4.69) is 5.32 Å². The predicted octanol–water partition coefficient (Wildman–Crippen LogP) is 5.02. The van der Waals surface area contributed by atoms with Gasteiger partial charge in [0, 0.05) is 29.8 Å². The number of ether oxygens (including phenoxy) is 4. The molecule has 1 aromatic carbocycles. The van der Waals surface area contributed by atoms with E-state index in [4.69, 9.17) is 18.9 Å². The number of amides is 1. The molecule has 220 valence electrons. The Hall–Kier alpha value is -3.60. The quantitative estimate of drug-likeness (QED) is 0.368. The van der Waals surface area contributed by atoms with Gasteiger partial charge < -0.3 is 29.4 Å². The monoisotopic (exact) mass is 560 g/mol. The number of carboxylic acids is 1. The number of carboxylic acid groups (broad SMARTS) is 1. The lowest BCUT2D eigenvalue weighted by Crippen LogP contribution is -2.51. The van der Waals surface area contributed by atoms with E-state index < -0.39 is 65.1 Å². The van der Waals surface area contributed by atoms with Crippen molar-refractivity contribution in [1.82, 2.24) is 9.88 Å². The Morgan fingerprint density at radius 1 is 1.02 bits per heavy atom. The Morgan fingerprint density at radius 3 is 2.15 bits per heavy atom. The average Bonchev–Trinajstić information content (AvgIpc) is 3.29. The van der Waals surface area contributed by atoms with Crippen LogP contribution in [0.5, 0.6) is 0 Å². The van der Waals surface area contributed by atoms with Crippen molar-refractivity contribution >= 4 is 35.0 Å². The highest BCUT2D eigenvalue weighted by atomic mass is 16.8. The molecule has 0 spiro atoms. The van der Waals surface area contributed by atoms with Crippen molar-refractivity contribution in [2.75, 3.05) is 0 Å². The van der Waals surface area contributed by atoms with Gasteiger partial charge in [0.1, 0.15) is 17.2 Å². The van der Waals surface area contributed by atoms with Crippen LogP contribution in [-0.2, 0) is 35.0 Å². The standard InChI is InChI=1S/C29H40N2O9/c1-26(2,3)23-37-22(34)29(38-23,15-19(21(32)33)30-24(35)39-27(4,5)6)14-17-16-31(25(36)40-28(7,8)9)20-13-11-10-12-18(17)20/h10-13,16,19,23H,14-15H2,1-9H3,(H,30,35)(H,32,33)/t19-,23+,29+/m0/s1. The highest BCUT2D eigenvalue weighted by Crippen LogP contribution is 2.41. The average molecular weight is 561 g/mol. The third-order valence-electron chi connectivity index (χ3n) is 6.01. The van der Waals surface area contributed by atoms with Gasteiger partial charge in [-0.2, -0.15) is 0 Å². The fourth-order valence-electron chi connectivity index (χ4n) is 4.29. The number of cyclic esters (lactones) is 1. The first-order valence-electron chi connectivity index (χ1n) is 13.1. The summed E-state index contributed by atoms with van der Waals surface area (Å²) < 4.78 is 24.0. The molecular weight excluding hydrogens is 520 g/mol. The number of rotatable bonds is 6. The van der Waals surface area contributed by atoms with Gasteiger partial charge in [-0.05, 0) is 53.2 Å². The Balaban J connectivity index is 2.06. The molecule has 1 fully saturated rings. The highest BCUT2D eigenvalue weighted by molar-refractivity contribution is 5.93. The second-order valence-electron chi connectivity index (χ2n) is 13.2. The number of esters is 1. The topological polar surface area (TPSA) is 142 Å². The first kappa shape index (κ1) is 30.9. The first-order valence-corrected chi connectivity index (χ1v) is 13.1. The zero-order valence-corrected chi connectivity index (χ0v) is 24.6. The van der Waals surface area contributed by atoms with Crippen molar-refractivity contribution in [2.24, 2.45) is 5.41 Å². The lowest BCUT2D eigenvalue weighted by molar-refractivity contribution is -0.158. The normalized spacial score (nSPS) is 20.6. The van der Waals surface area contributed by atoms with E-state index in [1.54, 1.807) is 72.0 Å². The largest absolute Gasteiger partial charge is 0.480 e. The number of benzene rings is 1. The second kappa shape index (κ2) is 10.8. The smallest absolute Gasteiger partial charge is 0.419 e. The summed E-state index contributed by atoms with van der Waals surface area (Å²) in [5.74, 6) is -2.14. The van der Waals surface area contributed by atoms with Gasteiger partial charge in [0.2, 0.25) is 6.29 Å². The number of carbonyl (C=O) groups excluding carboxylic acids is 3. The highest BCUT2D eigenvalue weighted by Gasteiger charge is 2.55. The lowest BCUT2D eigenvalue weighted by Gasteiger charge is -2.30. The van der Waals surface area contributed by atoms with Gasteiger partial charge in [0.25, 0.3) is 0 Å². The molecule has 0 bridgehead atoms. The van der Waals surface area contributed by atoms with Gasteiger partial charge in [-0.25, -0.2) is 19.2 Å².